The molecule has 1 heterocycles. The summed E-state index contributed by atoms with van der Waals surface area (Å²) in [7, 11) is 0. The highest BCUT2D eigenvalue weighted by atomic mass is 79.9. The Kier molecular flexibility index (Phi) is 3.99. The molecule has 3 N–H and O–H groups in total. The highest BCUT2D eigenvalue weighted by Crippen LogP contribution is 2.30. The summed E-state index contributed by atoms with van der Waals surface area (Å²) >= 11 is 3.57. The van der Waals surface area contributed by atoms with Crippen molar-refractivity contribution in [1.29, 1.82) is 0 Å². The first-order chi connectivity index (χ1) is 8.39. The van der Waals surface area contributed by atoms with E-state index in [0.29, 0.717) is 6.54 Å². The van der Waals surface area contributed by atoms with Crippen molar-refractivity contribution < 1.29 is 5.11 Å². The van der Waals surface area contributed by atoms with Crippen molar-refractivity contribution in [2.45, 2.75) is 38.3 Å². The third-order valence-electron chi connectivity index (χ3n) is 3.51. The van der Waals surface area contributed by atoms with Crippen LogP contribution in [0.2, 0.25) is 0 Å². The molecule has 1 saturated heterocycles. The monoisotopic (exact) mass is 312 g/mol. The molecular formula is C14H21BrN2O. The van der Waals surface area contributed by atoms with Gasteiger partial charge in [-0.3, -0.25) is 0 Å². The normalized spacial score (nSPS) is 26.2. The van der Waals surface area contributed by atoms with Gasteiger partial charge in [0.05, 0.1) is 5.60 Å². The fraction of sp³-hybridized carbons (Fsp3) is 0.571. The highest BCUT2D eigenvalue weighted by Gasteiger charge is 2.28. The number of hydrogen-bond acceptors (Lipinski definition) is 3. The summed E-state index contributed by atoms with van der Waals surface area (Å²) in [6, 6.07) is 6.27. The first-order valence-electron chi connectivity index (χ1n) is 6.41. The van der Waals surface area contributed by atoms with Crippen molar-refractivity contribution in [2.24, 2.45) is 5.73 Å². The highest BCUT2D eigenvalue weighted by molar-refractivity contribution is 9.10. The van der Waals surface area contributed by atoms with Crippen molar-refractivity contribution in [1.82, 2.24) is 0 Å². The molecule has 1 unspecified atom stereocenters. The molecule has 0 spiro atoms. The quantitative estimate of drug-likeness (QED) is 0.883. The van der Waals surface area contributed by atoms with Crippen molar-refractivity contribution in [2.75, 3.05) is 18.0 Å². The molecular weight excluding hydrogens is 292 g/mol. The Hall–Kier alpha value is -0.580. The van der Waals surface area contributed by atoms with Crippen LogP contribution >= 0.6 is 15.9 Å². The minimum Gasteiger partial charge on any atom is -0.388 e. The van der Waals surface area contributed by atoms with E-state index in [-0.39, 0.29) is 6.04 Å². The zero-order valence-corrected chi connectivity index (χ0v) is 12.6. The Labute approximate surface area is 117 Å². The van der Waals surface area contributed by atoms with Crippen LogP contribution in [0.15, 0.2) is 22.7 Å². The standard InChI is InChI=1S/C14H21BrN2O/c1-10(16)12-5-4-11(8-13(12)15)17-7-3-6-14(2,18)9-17/h4-5,8,10,18H,3,6-7,9,16H2,1-2H3/t10-,14?/m0/s1. The molecule has 1 aromatic rings. The Morgan fingerprint density at radius 2 is 2.22 bits per heavy atom. The SMILES string of the molecule is C[C@H](N)c1ccc(N2CCCC(C)(O)C2)cc1Br. The second kappa shape index (κ2) is 5.19. The number of β-amino-alcohol motifs (C(OH)–C–C–N with tert-alkyl or cyclic N) is 1. The van der Waals surface area contributed by atoms with Gasteiger partial charge in [-0.15, -0.1) is 0 Å². The van der Waals surface area contributed by atoms with E-state index >= 15 is 0 Å². The van der Waals surface area contributed by atoms with E-state index in [0.717, 1.165) is 35.1 Å². The lowest BCUT2D eigenvalue weighted by Crippen LogP contribution is -2.46. The van der Waals surface area contributed by atoms with Gasteiger partial charge >= 0.3 is 0 Å². The summed E-state index contributed by atoms with van der Waals surface area (Å²) < 4.78 is 1.04. The number of benzene rings is 1. The van der Waals surface area contributed by atoms with Gasteiger partial charge < -0.3 is 15.7 Å². The molecule has 0 aliphatic carbocycles. The van der Waals surface area contributed by atoms with Crippen LogP contribution in [0.1, 0.15) is 38.3 Å². The van der Waals surface area contributed by atoms with Gasteiger partial charge in [-0.25, -0.2) is 0 Å². The van der Waals surface area contributed by atoms with Crippen LogP contribution in [0, 0.1) is 0 Å². The van der Waals surface area contributed by atoms with Crippen LogP contribution in [-0.4, -0.2) is 23.8 Å². The third kappa shape index (κ3) is 3.05. The number of aliphatic hydroxyl groups is 1. The largest absolute Gasteiger partial charge is 0.388 e. The van der Waals surface area contributed by atoms with Gasteiger partial charge in [0, 0.05) is 29.3 Å². The van der Waals surface area contributed by atoms with E-state index in [1.807, 2.05) is 13.8 Å². The zero-order valence-electron chi connectivity index (χ0n) is 11.0. The molecule has 0 saturated carbocycles. The van der Waals surface area contributed by atoms with Crippen LogP contribution in [0.25, 0.3) is 0 Å². The van der Waals surface area contributed by atoms with E-state index in [1.54, 1.807) is 0 Å². The molecule has 2 atom stereocenters. The molecule has 1 aromatic carbocycles. The maximum absolute atomic E-state index is 10.1. The third-order valence-corrected chi connectivity index (χ3v) is 4.20. The Morgan fingerprint density at radius 3 is 2.78 bits per heavy atom. The molecule has 0 aromatic heterocycles. The first-order valence-corrected chi connectivity index (χ1v) is 7.21. The predicted molar refractivity (Wildman–Crippen MR) is 78.8 cm³/mol. The Balaban J connectivity index is 2.21. The van der Waals surface area contributed by atoms with E-state index in [2.05, 4.69) is 39.0 Å². The molecule has 100 valence electrons. The van der Waals surface area contributed by atoms with E-state index in [9.17, 15) is 5.11 Å². The maximum atomic E-state index is 10.1. The summed E-state index contributed by atoms with van der Waals surface area (Å²) in [5.41, 5.74) is 7.58. The lowest BCUT2D eigenvalue weighted by Gasteiger charge is -2.38. The Bertz CT molecular complexity index is 432. The second-order valence-corrected chi connectivity index (χ2v) is 6.37. The smallest absolute Gasteiger partial charge is 0.0794 e. The number of nitrogens with zero attached hydrogens (tertiary/aromatic N) is 1. The summed E-state index contributed by atoms with van der Waals surface area (Å²) in [5.74, 6) is 0. The topological polar surface area (TPSA) is 49.5 Å². The van der Waals surface area contributed by atoms with Crippen LogP contribution in [0.5, 0.6) is 0 Å². The average molecular weight is 313 g/mol. The van der Waals surface area contributed by atoms with Gasteiger partial charge in [-0.2, -0.15) is 0 Å². The number of piperidine rings is 1. The number of anilines is 1. The van der Waals surface area contributed by atoms with Crippen LogP contribution in [-0.2, 0) is 0 Å². The fourth-order valence-corrected chi connectivity index (χ4v) is 3.25. The zero-order chi connectivity index (χ0) is 13.3. The van der Waals surface area contributed by atoms with Gasteiger partial charge in [0.15, 0.2) is 0 Å². The molecule has 2 rings (SSSR count). The van der Waals surface area contributed by atoms with E-state index in [1.165, 1.54) is 0 Å². The maximum Gasteiger partial charge on any atom is 0.0794 e. The van der Waals surface area contributed by atoms with Gasteiger partial charge in [0.2, 0.25) is 0 Å². The molecule has 1 fully saturated rings. The minimum absolute atomic E-state index is 0.0258. The summed E-state index contributed by atoms with van der Waals surface area (Å²) in [5, 5.41) is 10.1. The van der Waals surface area contributed by atoms with Crippen LogP contribution in [0.4, 0.5) is 5.69 Å². The molecule has 0 amide bonds. The minimum atomic E-state index is -0.579. The fourth-order valence-electron chi connectivity index (χ4n) is 2.52. The Morgan fingerprint density at radius 1 is 1.50 bits per heavy atom. The van der Waals surface area contributed by atoms with Gasteiger partial charge in [-0.05, 0) is 44.4 Å². The average Bonchev–Trinajstić information content (AvgIpc) is 2.27. The van der Waals surface area contributed by atoms with E-state index in [4.69, 9.17) is 5.73 Å². The van der Waals surface area contributed by atoms with Crippen molar-refractivity contribution in [3.05, 3.63) is 28.2 Å². The van der Waals surface area contributed by atoms with Crippen molar-refractivity contribution in [3.8, 4) is 0 Å². The summed E-state index contributed by atoms with van der Waals surface area (Å²) in [6.45, 7) is 5.58. The number of hydrogen-bond donors (Lipinski definition) is 2. The molecule has 1 aliphatic rings. The molecule has 1 aliphatic heterocycles. The molecule has 18 heavy (non-hydrogen) atoms. The number of halogens is 1. The van der Waals surface area contributed by atoms with E-state index < -0.39 is 5.60 Å². The van der Waals surface area contributed by atoms with Crippen molar-refractivity contribution in [3.63, 3.8) is 0 Å². The van der Waals surface area contributed by atoms with Gasteiger partial charge in [0.25, 0.3) is 0 Å². The van der Waals surface area contributed by atoms with Crippen LogP contribution in [0.3, 0.4) is 0 Å². The number of nitrogens with two attached hydrogens (primary N) is 1. The first kappa shape index (κ1) is 13.8. The van der Waals surface area contributed by atoms with Crippen LogP contribution < -0.4 is 10.6 Å². The molecule has 4 heteroatoms. The second-order valence-electron chi connectivity index (χ2n) is 5.52. The molecule has 0 radical (unpaired) electrons. The lowest BCUT2D eigenvalue weighted by atomic mass is 9.94. The van der Waals surface area contributed by atoms with Gasteiger partial charge in [-0.1, -0.05) is 22.0 Å². The lowest BCUT2D eigenvalue weighted by molar-refractivity contribution is 0.0449. The summed E-state index contributed by atoms with van der Waals surface area (Å²) in [6.07, 6.45) is 1.91. The number of rotatable bonds is 2. The van der Waals surface area contributed by atoms with Gasteiger partial charge in [0.1, 0.15) is 0 Å². The summed E-state index contributed by atoms with van der Waals surface area (Å²) in [4.78, 5) is 2.24. The molecule has 3 nitrogen and oxygen atoms in total. The predicted octanol–water partition coefficient (Wildman–Crippen LogP) is 2.82. The van der Waals surface area contributed by atoms with Crippen molar-refractivity contribution >= 4 is 21.6 Å². The molecule has 0 bridgehead atoms.